The Kier molecular flexibility index (Phi) is 4.81. The van der Waals surface area contributed by atoms with Crippen LogP contribution in [0.1, 0.15) is 20.3 Å². The van der Waals surface area contributed by atoms with E-state index < -0.39 is 0 Å². The van der Waals surface area contributed by atoms with Crippen molar-refractivity contribution in [1.82, 2.24) is 15.1 Å². The Morgan fingerprint density at radius 1 is 1.32 bits per heavy atom. The highest BCUT2D eigenvalue weighted by Gasteiger charge is 2.40. The quantitative estimate of drug-likeness (QED) is 0.772. The van der Waals surface area contributed by atoms with E-state index in [0.717, 1.165) is 39.1 Å². The summed E-state index contributed by atoms with van der Waals surface area (Å²) < 4.78 is 5.12. The van der Waals surface area contributed by atoms with E-state index in [2.05, 4.69) is 29.1 Å². The van der Waals surface area contributed by atoms with Crippen LogP contribution in [0.3, 0.4) is 0 Å². The summed E-state index contributed by atoms with van der Waals surface area (Å²) >= 11 is 0. The molecule has 0 bridgehead atoms. The van der Waals surface area contributed by atoms with E-state index in [9.17, 15) is 4.79 Å². The average Bonchev–Trinajstić information content (AvgIpc) is 2.36. The van der Waals surface area contributed by atoms with Crippen molar-refractivity contribution in [3.8, 4) is 0 Å². The molecule has 2 saturated heterocycles. The lowest BCUT2D eigenvalue weighted by Crippen LogP contribution is -2.53. The molecule has 0 saturated carbocycles. The molecule has 1 amide bonds. The maximum absolute atomic E-state index is 11.9. The van der Waals surface area contributed by atoms with Crippen LogP contribution in [0, 0.1) is 5.41 Å². The molecule has 0 spiro atoms. The van der Waals surface area contributed by atoms with E-state index in [1.807, 2.05) is 6.92 Å². The maximum Gasteiger partial charge on any atom is 0.230 e. The fourth-order valence-electron chi connectivity index (χ4n) is 2.59. The molecule has 0 aliphatic carbocycles. The van der Waals surface area contributed by atoms with Gasteiger partial charge in [0.1, 0.15) is 0 Å². The second-order valence-electron chi connectivity index (χ2n) is 6.29. The summed E-state index contributed by atoms with van der Waals surface area (Å²) in [5.74, 6) is 0.143. The minimum Gasteiger partial charge on any atom is -0.379 e. The second kappa shape index (κ2) is 6.20. The molecule has 2 aliphatic heterocycles. The normalized spacial score (nSPS) is 25.6. The van der Waals surface area contributed by atoms with Crippen LogP contribution < -0.4 is 5.32 Å². The molecule has 2 fully saturated rings. The number of rotatable bonds is 5. The highest BCUT2D eigenvalue weighted by Crippen LogP contribution is 2.26. The van der Waals surface area contributed by atoms with Crippen molar-refractivity contribution in [2.24, 2.45) is 5.41 Å². The Balaban J connectivity index is 1.63. The van der Waals surface area contributed by atoms with Crippen molar-refractivity contribution in [3.05, 3.63) is 0 Å². The van der Waals surface area contributed by atoms with E-state index in [1.54, 1.807) is 0 Å². The molecule has 110 valence electrons. The van der Waals surface area contributed by atoms with Crippen LogP contribution in [-0.4, -0.2) is 74.7 Å². The topological polar surface area (TPSA) is 44.8 Å². The number of piperazine rings is 1. The van der Waals surface area contributed by atoms with Gasteiger partial charge in [0.2, 0.25) is 5.91 Å². The molecule has 5 heteroatoms. The minimum absolute atomic E-state index is 0.143. The maximum atomic E-state index is 11.9. The number of amides is 1. The molecule has 5 nitrogen and oxygen atoms in total. The van der Waals surface area contributed by atoms with Gasteiger partial charge in [0.05, 0.1) is 18.6 Å². The van der Waals surface area contributed by atoms with Crippen LogP contribution in [0.15, 0.2) is 0 Å². The van der Waals surface area contributed by atoms with Crippen LogP contribution in [0.5, 0.6) is 0 Å². The summed E-state index contributed by atoms with van der Waals surface area (Å²) in [6.07, 6.45) is 1.02. The third-order valence-electron chi connectivity index (χ3n) is 4.40. The van der Waals surface area contributed by atoms with E-state index in [4.69, 9.17) is 4.74 Å². The Hall–Kier alpha value is -0.650. The van der Waals surface area contributed by atoms with Crippen molar-refractivity contribution >= 4 is 5.91 Å². The molecule has 0 aromatic heterocycles. The highest BCUT2D eigenvalue weighted by atomic mass is 16.5. The van der Waals surface area contributed by atoms with Crippen molar-refractivity contribution in [2.45, 2.75) is 26.3 Å². The SMILES string of the molecule is C[C@@H](CCNC(=O)C1(C)COC1)N1CCN(C)CC1. The Bertz CT molecular complexity index is 310. The van der Waals surface area contributed by atoms with Gasteiger partial charge >= 0.3 is 0 Å². The molecule has 19 heavy (non-hydrogen) atoms. The number of nitrogens with zero attached hydrogens (tertiary/aromatic N) is 2. The zero-order valence-electron chi connectivity index (χ0n) is 12.4. The number of likely N-dealkylation sites (N-methyl/N-ethyl adjacent to an activating group) is 1. The largest absolute Gasteiger partial charge is 0.379 e. The number of hydrogen-bond acceptors (Lipinski definition) is 4. The van der Waals surface area contributed by atoms with Crippen molar-refractivity contribution in [1.29, 1.82) is 0 Å². The number of ether oxygens (including phenoxy) is 1. The van der Waals surface area contributed by atoms with Crippen molar-refractivity contribution in [3.63, 3.8) is 0 Å². The van der Waals surface area contributed by atoms with Gasteiger partial charge in [-0.1, -0.05) is 0 Å². The smallest absolute Gasteiger partial charge is 0.230 e. The summed E-state index contributed by atoms with van der Waals surface area (Å²) in [6, 6.07) is 0.541. The molecule has 0 radical (unpaired) electrons. The summed E-state index contributed by atoms with van der Waals surface area (Å²) in [5.41, 5.74) is -0.281. The lowest BCUT2D eigenvalue weighted by molar-refractivity contribution is -0.157. The van der Waals surface area contributed by atoms with E-state index in [-0.39, 0.29) is 11.3 Å². The molecule has 1 N–H and O–H groups in total. The van der Waals surface area contributed by atoms with Crippen molar-refractivity contribution in [2.75, 3.05) is 53.0 Å². The average molecular weight is 269 g/mol. The van der Waals surface area contributed by atoms with E-state index in [0.29, 0.717) is 19.3 Å². The highest BCUT2D eigenvalue weighted by molar-refractivity contribution is 5.83. The van der Waals surface area contributed by atoms with Crippen LogP contribution >= 0.6 is 0 Å². The Morgan fingerprint density at radius 2 is 1.95 bits per heavy atom. The fraction of sp³-hybridized carbons (Fsp3) is 0.929. The van der Waals surface area contributed by atoms with Gasteiger partial charge in [0.25, 0.3) is 0 Å². The van der Waals surface area contributed by atoms with Crippen LogP contribution in [0.4, 0.5) is 0 Å². The summed E-state index contributed by atoms with van der Waals surface area (Å²) in [6.45, 7) is 10.7. The predicted molar refractivity (Wildman–Crippen MR) is 75.1 cm³/mol. The number of carbonyl (C=O) groups excluding carboxylic acids is 1. The first-order valence-electron chi connectivity index (χ1n) is 7.30. The zero-order valence-corrected chi connectivity index (χ0v) is 12.4. The number of hydrogen-bond donors (Lipinski definition) is 1. The van der Waals surface area contributed by atoms with Gasteiger partial charge in [-0.3, -0.25) is 9.69 Å². The van der Waals surface area contributed by atoms with E-state index in [1.165, 1.54) is 0 Å². The minimum atomic E-state index is -0.281. The standard InChI is InChI=1S/C14H27N3O2/c1-12(17-8-6-16(3)7-9-17)4-5-15-13(18)14(2)10-19-11-14/h12H,4-11H2,1-3H3,(H,15,18)/t12-/m0/s1. The second-order valence-corrected chi connectivity index (χ2v) is 6.29. The summed E-state index contributed by atoms with van der Waals surface area (Å²) in [7, 11) is 2.17. The molecule has 2 heterocycles. The van der Waals surface area contributed by atoms with Gasteiger partial charge in [-0.15, -0.1) is 0 Å². The molecule has 0 aromatic rings. The number of nitrogens with one attached hydrogen (secondary N) is 1. The lowest BCUT2D eigenvalue weighted by atomic mass is 9.87. The van der Waals surface area contributed by atoms with Crippen LogP contribution in [0.25, 0.3) is 0 Å². The molecule has 2 aliphatic rings. The van der Waals surface area contributed by atoms with Crippen LogP contribution in [-0.2, 0) is 9.53 Å². The Morgan fingerprint density at radius 3 is 2.47 bits per heavy atom. The van der Waals surface area contributed by atoms with Gasteiger partial charge in [-0.05, 0) is 27.3 Å². The number of carbonyl (C=O) groups is 1. The van der Waals surface area contributed by atoms with E-state index >= 15 is 0 Å². The van der Waals surface area contributed by atoms with Gasteiger partial charge in [-0.25, -0.2) is 0 Å². The van der Waals surface area contributed by atoms with Gasteiger partial charge in [0.15, 0.2) is 0 Å². The Labute approximate surface area is 116 Å². The third-order valence-corrected chi connectivity index (χ3v) is 4.40. The van der Waals surface area contributed by atoms with Gasteiger partial charge in [-0.2, -0.15) is 0 Å². The monoisotopic (exact) mass is 269 g/mol. The molecule has 2 rings (SSSR count). The first-order chi connectivity index (χ1) is 9.01. The van der Waals surface area contributed by atoms with Gasteiger partial charge in [0, 0.05) is 38.8 Å². The third kappa shape index (κ3) is 3.68. The zero-order chi connectivity index (χ0) is 13.9. The fourth-order valence-corrected chi connectivity index (χ4v) is 2.59. The van der Waals surface area contributed by atoms with Crippen molar-refractivity contribution < 1.29 is 9.53 Å². The predicted octanol–water partition coefficient (Wildman–Crippen LogP) is 0.165. The summed E-state index contributed by atoms with van der Waals surface area (Å²) in [5, 5.41) is 3.05. The van der Waals surface area contributed by atoms with Crippen LogP contribution in [0.2, 0.25) is 0 Å². The molecule has 0 aromatic carbocycles. The lowest BCUT2D eigenvalue weighted by Gasteiger charge is -2.38. The molecule has 0 unspecified atom stereocenters. The first-order valence-corrected chi connectivity index (χ1v) is 7.30. The molecular formula is C14H27N3O2. The first kappa shape index (κ1) is 14.8. The molecular weight excluding hydrogens is 242 g/mol. The summed E-state index contributed by atoms with van der Waals surface area (Å²) in [4.78, 5) is 16.8. The molecule has 1 atom stereocenters. The van der Waals surface area contributed by atoms with Gasteiger partial charge < -0.3 is 15.0 Å².